The van der Waals surface area contributed by atoms with Crippen LogP contribution >= 0.6 is 0 Å². The average Bonchev–Trinajstić information content (AvgIpc) is 3.14. The van der Waals surface area contributed by atoms with Crippen molar-refractivity contribution in [2.24, 2.45) is 16.7 Å². The van der Waals surface area contributed by atoms with Gasteiger partial charge in [0.05, 0.1) is 51.0 Å². The molecule has 0 saturated heterocycles. The van der Waals surface area contributed by atoms with Gasteiger partial charge in [0.25, 0.3) is 0 Å². The van der Waals surface area contributed by atoms with E-state index in [1.165, 1.54) is 63.3 Å². The first kappa shape index (κ1) is 72.8. The summed E-state index contributed by atoms with van der Waals surface area (Å²) in [6.45, 7) is 25.0. The second-order valence-corrected chi connectivity index (χ2v) is 18.1. The lowest BCUT2D eigenvalue weighted by Gasteiger charge is -2.31. The van der Waals surface area contributed by atoms with Crippen molar-refractivity contribution >= 4 is 59.7 Å². The number of esters is 10. The zero-order valence-electron chi connectivity index (χ0n) is 48.7. The summed E-state index contributed by atoms with van der Waals surface area (Å²) in [6, 6.07) is 20.3. The van der Waals surface area contributed by atoms with Gasteiger partial charge in [-0.2, -0.15) is 0 Å². The molecule has 20 heteroatoms. The third-order valence-corrected chi connectivity index (χ3v) is 12.1. The van der Waals surface area contributed by atoms with Gasteiger partial charge in [-0.05, 0) is 110 Å². The van der Waals surface area contributed by atoms with E-state index in [2.05, 4.69) is 65.3 Å². The van der Waals surface area contributed by atoms with Crippen LogP contribution in [0, 0.1) is 16.7 Å². The number of benzene rings is 3. The summed E-state index contributed by atoms with van der Waals surface area (Å²) in [4.78, 5) is 119. The summed E-state index contributed by atoms with van der Waals surface area (Å²) in [5.74, 6) is -6.71. The Morgan fingerprint density at radius 3 is 1.18 bits per heavy atom. The van der Waals surface area contributed by atoms with Crippen molar-refractivity contribution in [3.05, 3.63) is 182 Å². The first-order valence-electron chi connectivity index (χ1n) is 26.6. The predicted molar refractivity (Wildman–Crippen MR) is 310 cm³/mol. The minimum atomic E-state index is -1.65. The molecule has 0 spiro atoms. The predicted octanol–water partition coefficient (Wildman–Crippen LogP) is 8.93. The molecule has 0 heterocycles. The fourth-order valence-corrected chi connectivity index (χ4v) is 7.37. The van der Waals surface area contributed by atoms with Crippen LogP contribution in [0.3, 0.4) is 0 Å². The summed E-state index contributed by atoms with van der Waals surface area (Å²) in [5, 5.41) is 0. The van der Waals surface area contributed by atoms with Crippen LogP contribution in [0.2, 0.25) is 0 Å². The number of hydrogen-bond acceptors (Lipinski definition) is 20. The Morgan fingerprint density at radius 2 is 0.833 bits per heavy atom. The lowest BCUT2D eigenvalue weighted by molar-refractivity contribution is -0.172. The fourth-order valence-electron chi connectivity index (χ4n) is 7.37. The second kappa shape index (κ2) is 40.9. The van der Waals surface area contributed by atoms with Crippen LogP contribution in [-0.4, -0.2) is 127 Å². The van der Waals surface area contributed by atoms with Gasteiger partial charge in [-0.3, -0.25) is 33.6 Å². The molecule has 0 atom stereocenters. The molecule has 1 aliphatic carbocycles. The Bertz CT molecular complexity index is 2610. The smallest absolute Gasteiger partial charge is 0.337 e. The first-order valence-corrected chi connectivity index (χ1v) is 26.6. The standard InChI is InChI=1S/C27H34O8.C18H20O6.C10H12O2.C9H12O4/c1-5-16-34-24(30)27(25(31)35-17-6-2,15-14-26(12-13-26)19-22(28)33-7-3)18-20-8-10-21(11-9-20)23(29)32-4;1-4-10-23-17(20)15(18(21)24-11-5-2)12-13-6-8-14(9-7-13)16(19)22-3;1-3-8-4-6-9(7-5-8)10(11)12-2;1-3-5-12-8(10)7-9(11)13-6-4-2/h5-6,8-11H,1-2,7,12-19H2,3-4H3;4-9,15H,1-2,10-12H2,3H3;4-7H,3H2,1-2H3;3-4H,1-2,5-7H2. The number of ether oxygens (including phenoxy) is 10. The molecule has 20 nitrogen and oxygen atoms in total. The molecule has 0 aliphatic heterocycles. The molecule has 1 saturated carbocycles. The molecule has 1 aliphatic rings. The lowest BCUT2D eigenvalue weighted by atomic mass is 9.74. The zero-order chi connectivity index (χ0) is 62.9. The Morgan fingerprint density at radius 1 is 0.476 bits per heavy atom. The molecule has 454 valence electrons. The number of carbonyl (C=O) groups is 10. The normalized spacial score (nSPS) is 11.3. The van der Waals surface area contributed by atoms with Gasteiger partial charge in [-0.25, -0.2) is 14.4 Å². The molecule has 0 amide bonds. The highest BCUT2D eigenvalue weighted by Gasteiger charge is 2.53. The van der Waals surface area contributed by atoms with Crippen LogP contribution in [0.25, 0.3) is 0 Å². The molecule has 0 aromatic heterocycles. The van der Waals surface area contributed by atoms with Gasteiger partial charge in [-0.1, -0.05) is 119 Å². The van der Waals surface area contributed by atoms with Crippen molar-refractivity contribution in [2.45, 2.75) is 71.6 Å². The molecule has 0 N–H and O–H groups in total. The van der Waals surface area contributed by atoms with E-state index in [0.29, 0.717) is 40.8 Å². The Labute approximate surface area is 491 Å². The summed E-state index contributed by atoms with van der Waals surface area (Å²) in [5.41, 5.74) is 1.90. The molecule has 3 aromatic carbocycles. The maximum absolute atomic E-state index is 13.4. The van der Waals surface area contributed by atoms with E-state index in [4.69, 9.17) is 28.4 Å². The second-order valence-electron chi connectivity index (χ2n) is 18.1. The Balaban J connectivity index is 0.000000618. The van der Waals surface area contributed by atoms with Gasteiger partial charge in [0, 0.05) is 0 Å². The highest BCUT2D eigenvalue weighted by Crippen LogP contribution is 2.54. The molecule has 84 heavy (non-hydrogen) atoms. The van der Waals surface area contributed by atoms with Crippen LogP contribution in [0.15, 0.2) is 149 Å². The third kappa shape index (κ3) is 27.0. The van der Waals surface area contributed by atoms with Crippen LogP contribution in [0.4, 0.5) is 0 Å². The van der Waals surface area contributed by atoms with Gasteiger partial charge in [0.1, 0.15) is 46.1 Å². The fraction of sp³-hybridized carbons (Fsp3) is 0.375. The first-order chi connectivity index (χ1) is 40.3. The van der Waals surface area contributed by atoms with Crippen LogP contribution in [0.1, 0.15) is 100 Å². The van der Waals surface area contributed by atoms with Gasteiger partial charge >= 0.3 is 59.7 Å². The highest BCUT2D eigenvalue weighted by molar-refractivity contribution is 6.01. The quantitative estimate of drug-likeness (QED) is 0.0244. The highest BCUT2D eigenvalue weighted by atomic mass is 16.6. The molecule has 0 unspecified atom stereocenters. The van der Waals surface area contributed by atoms with E-state index in [-0.39, 0.29) is 89.1 Å². The van der Waals surface area contributed by atoms with E-state index >= 15 is 0 Å². The van der Waals surface area contributed by atoms with E-state index in [9.17, 15) is 47.9 Å². The van der Waals surface area contributed by atoms with Gasteiger partial charge in [-0.15, -0.1) is 0 Å². The van der Waals surface area contributed by atoms with Crippen molar-refractivity contribution in [3.63, 3.8) is 0 Å². The SMILES string of the molecule is C=CCOC(=O)C(CCC1(CC(=O)OCC)CC1)(Cc1ccc(C(=O)OC)cc1)C(=O)OCC=C.C=CCOC(=O)C(Cc1ccc(C(=O)OC)cc1)C(=O)OCC=C.C=CCOC(=O)CC(=O)OCC=C.CCc1ccc(C(=O)OC)cc1. The molecular formula is C64H78O20. The summed E-state index contributed by atoms with van der Waals surface area (Å²) in [6.07, 6.45) is 11.6. The maximum atomic E-state index is 13.4. The zero-order valence-corrected chi connectivity index (χ0v) is 48.7. The Hall–Kier alpha value is -9.20. The summed E-state index contributed by atoms with van der Waals surface area (Å²) in [7, 11) is 3.96. The third-order valence-electron chi connectivity index (χ3n) is 12.1. The van der Waals surface area contributed by atoms with Crippen molar-refractivity contribution in [1.82, 2.24) is 0 Å². The number of methoxy groups -OCH3 is 3. The van der Waals surface area contributed by atoms with Crippen molar-refractivity contribution < 1.29 is 95.3 Å². The van der Waals surface area contributed by atoms with Gasteiger partial charge < -0.3 is 47.4 Å². The molecule has 0 radical (unpaired) electrons. The molecule has 3 aromatic rings. The van der Waals surface area contributed by atoms with Gasteiger partial charge in [0.2, 0.25) is 0 Å². The monoisotopic (exact) mass is 1170 g/mol. The topological polar surface area (TPSA) is 263 Å². The van der Waals surface area contributed by atoms with Crippen molar-refractivity contribution in [2.75, 3.05) is 67.6 Å². The summed E-state index contributed by atoms with van der Waals surface area (Å²) >= 11 is 0. The van der Waals surface area contributed by atoms with E-state index < -0.39 is 59.1 Å². The maximum Gasteiger partial charge on any atom is 0.337 e. The number of carbonyl (C=O) groups excluding carboxylic acids is 10. The minimum absolute atomic E-state index is 0.00408. The van der Waals surface area contributed by atoms with Crippen LogP contribution in [-0.2, 0) is 100 Å². The van der Waals surface area contributed by atoms with E-state index in [1.807, 2.05) is 12.1 Å². The molecule has 4 rings (SSSR count). The molecule has 0 bridgehead atoms. The number of aryl methyl sites for hydroxylation is 1. The molecular weight excluding hydrogens is 1090 g/mol. The minimum Gasteiger partial charge on any atom is -0.466 e. The molecule has 1 fully saturated rings. The van der Waals surface area contributed by atoms with Crippen LogP contribution < -0.4 is 0 Å². The summed E-state index contributed by atoms with van der Waals surface area (Å²) < 4.78 is 48.8. The average molecular weight is 1170 g/mol. The lowest BCUT2D eigenvalue weighted by Crippen LogP contribution is -2.44. The van der Waals surface area contributed by atoms with Crippen molar-refractivity contribution in [1.29, 1.82) is 0 Å². The number of rotatable bonds is 32. The van der Waals surface area contributed by atoms with Crippen LogP contribution in [0.5, 0.6) is 0 Å². The largest absolute Gasteiger partial charge is 0.466 e. The van der Waals surface area contributed by atoms with E-state index in [0.717, 1.165) is 19.3 Å². The van der Waals surface area contributed by atoms with Gasteiger partial charge in [0.15, 0.2) is 11.3 Å². The Kier molecular flexibility index (Phi) is 35.4. The van der Waals surface area contributed by atoms with E-state index in [1.54, 1.807) is 67.6 Å². The number of hydrogen-bond donors (Lipinski definition) is 0. The van der Waals surface area contributed by atoms with Crippen molar-refractivity contribution in [3.8, 4) is 0 Å².